The zero-order valence-corrected chi connectivity index (χ0v) is 12.7. The Hall–Kier alpha value is -2.08. The molecule has 0 radical (unpaired) electrons. The van der Waals surface area contributed by atoms with E-state index in [1.807, 2.05) is 0 Å². The molecule has 0 saturated carbocycles. The number of phenolic OH excluding ortho intramolecular Hbond substituents is 1. The molecule has 1 aliphatic rings. The van der Waals surface area contributed by atoms with E-state index in [1.54, 1.807) is 24.3 Å². The maximum atomic E-state index is 12.0. The topological polar surface area (TPSA) is 87.7 Å². The first-order valence-corrected chi connectivity index (χ1v) is 7.47. The quantitative estimate of drug-likeness (QED) is 0.670. The van der Waals surface area contributed by atoms with Crippen LogP contribution in [-0.4, -0.2) is 43.2 Å². The molecular weight excluding hydrogens is 284 g/mol. The third-order valence-electron chi connectivity index (χ3n) is 3.85. The summed E-state index contributed by atoms with van der Waals surface area (Å²) < 4.78 is 4.81. The minimum atomic E-state index is -0.445. The number of phenols is 1. The number of amides is 1. The monoisotopic (exact) mass is 306 g/mol. The highest BCUT2D eigenvalue weighted by Gasteiger charge is 2.25. The lowest BCUT2D eigenvalue weighted by atomic mass is 9.99. The number of benzene rings is 1. The number of nitrogens with one attached hydrogen (secondary N) is 2. The van der Waals surface area contributed by atoms with Crippen molar-refractivity contribution in [1.29, 1.82) is 0 Å². The molecule has 120 valence electrons. The highest BCUT2D eigenvalue weighted by Crippen LogP contribution is 2.14. The van der Waals surface area contributed by atoms with Crippen LogP contribution in [0.1, 0.15) is 18.4 Å². The summed E-state index contributed by atoms with van der Waals surface area (Å²) >= 11 is 0. The van der Waals surface area contributed by atoms with Gasteiger partial charge in [0.15, 0.2) is 0 Å². The number of hydrogen-bond acceptors (Lipinski definition) is 5. The largest absolute Gasteiger partial charge is 0.508 e. The van der Waals surface area contributed by atoms with E-state index in [-0.39, 0.29) is 30.2 Å². The van der Waals surface area contributed by atoms with Gasteiger partial charge in [-0.2, -0.15) is 0 Å². The number of esters is 1. The minimum Gasteiger partial charge on any atom is -0.508 e. The fraction of sp³-hybridized carbons (Fsp3) is 0.500. The van der Waals surface area contributed by atoms with Gasteiger partial charge >= 0.3 is 5.97 Å². The summed E-state index contributed by atoms with van der Waals surface area (Å²) in [5.41, 5.74) is 0.904. The van der Waals surface area contributed by atoms with Crippen LogP contribution in [0.15, 0.2) is 24.3 Å². The Kier molecular flexibility index (Phi) is 5.77. The molecule has 0 bridgehead atoms. The Morgan fingerprint density at radius 3 is 2.73 bits per heavy atom. The molecule has 6 heteroatoms. The average Bonchev–Trinajstić information content (AvgIpc) is 3.06. The van der Waals surface area contributed by atoms with Gasteiger partial charge in [0, 0.05) is 6.54 Å². The van der Waals surface area contributed by atoms with Gasteiger partial charge in [-0.05, 0) is 43.5 Å². The second-order valence-corrected chi connectivity index (χ2v) is 5.48. The predicted molar refractivity (Wildman–Crippen MR) is 81.4 cm³/mol. The SMILES string of the molecule is COC(=O)C(CNC(=O)C1CCCN1)Cc1ccc(O)cc1. The predicted octanol–water partition coefficient (Wildman–Crippen LogP) is 0.592. The van der Waals surface area contributed by atoms with Crippen LogP contribution in [0.25, 0.3) is 0 Å². The molecule has 2 atom stereocenters. The van der Waals surface area contributed by atoms with Crippen molar-refractivity contribution in [2.24, 2.45) is 5.92 Å². The van der Waals surface area contributed by atoms with Gasteiger partial charge in [0.1, 0.15) is 5.75 Å². The standard InChI is InChI=1S/C16H22N2O4/c1-22-16(21)12(9-11-4-6-13(19)7-5-11)10-18-15(20)14-3-2-8-17-14/h4-7,12,14,17,19H,2-3,8-10H2,1H3,(H,18,20). The minimum absolute atomic E-state index is 0.0721. The van der Waals surface area contributed by atoms with Crippen LogP contribution in [0, 0.1) is 5.92 Å². The molecule has 22 heavy (non-hydrogen) atoms. The first-order chi connectivity index (χ1) is 10.6. The molecule has 1 saturated heterocycles. The summed E-state index contributed by atoms with van der Waals surface area (Å²) in [5, 5.41) is 15.2. The van der Waals surface area contributed by atoms with E-state index in [4.69, 9.17) is 4.74 Å². The normalized spacial score (nSPS) is 18.7. The van der Waals surface area contributed by atoms with Crippen molar-refractivity contribution in [3.63, 3.8) is 0 Å². The smallest absolute Gasteiger partial charge is 0.310 e. The van der Waals surface area contributed by atoms with E-state index >= 15 is 0 Å². The molecule has 1 heterocycles. The number of carbonyl (C=O) groups excluding carboxylic acids is 2. The van der Waals surface area contributed by atoms with Crippen molar-refractivity contribution in [3.8, 4) is 5.75 Å². The second kappa shape index (κ2) is 7.79. The Labute approximate surface area is 129 Å². The Morgan fingerprint density at radius 1 is 1.41 bits per heavy atom. The molecule has 6 nitrogen and oxygen atoms in total. The van der Waals surface area contributed by atoms with Gasteiger partial charge in [-0.3, -0.25) is 9.59 Å². The van der Waals surface area contributed by atoms with E-state index in [0.29, 0.717) is 6.42 Å². The average molecular weight is 306 g/mol. The third-order valence-corrected chi connectivity index (χ3v) is 3.85. The summed E-state index contributed by atoms with van der Waals surface area (Å²) in [6, 6.07) is 6.50. The zero-order chi connectivity index (χ0) is 15.9. The van der Waals surface area contributed by atoms with Crippen molar-refractivity contribution in [2.75, 3.05) is 20.2 Å². The lowest BCUT2D eigenvalue weighted by Gasteiger charge is -2.17. The van der Waals surface area contributed by atoms with Gasteiger partial charge < -0.3 is 20.5 Å². The van der Waals surface area contributed by atoms with Crippen molar-refractivity contribution in [3.05, 3.63) is 29.8 Å². The van der Waals surface area contributed by atoms with Gasteiger partial charge in [-0.15, -0.1) is 0 Å². The highest BCUT2D eigenvalue weighted by atomic mass is 16.5. The number of hydrogen-bond donors (Lipinski definition) is 3. The van der Waals surface area contributed by atoms with Crippen LogP contribution in [0.5, 0.6) is 5.75 Å². The summed E-state index contributed by atoms with van der Waals surface area (Å²) in [6.45, 7) is 1.09. The van der Waals surface area contributed by atoms with Gasteiger partial charge in [0.05, 0.1) is 19.1 Å². The van der Waals surface area contributed by atoms with Crippen molar-refractivity contribution in [1.82, 2.24) is 10.6 Å². The van der Waals surface area contributed by atoms with Crippen LogP contribution < -0.4 is 10.6 Å². The molecule has 1 aromatic carbocycles. The second-order valence-electron chi connectivity index (χ2n) is 5.48. The van der Waals surface area contributed by atoms with Gasteiger partial charge in [-0.1, -0.05) is 12.1 Å². The van der Waals surface area contributed by atoms with Crippen LogP contribution in [0.2, 0.25) is 0 Å². The maximum absolute atomic E-state index is 12.0. The number of methoxy groups -OCH3 is 1. The van der Waals surface area contributed by atoms with Crippen molar-refractivity contribution >= 4 is 11.9 Å². The highest BCUT2D eigenvalue weighted by molar-refractivity contribution is 5.82. The lowest BCUT2D eigenvalue weighted by Crippen LogP contribution is -2.43. The fourth-order valence-corrected chi connectivity index (χ4v) is 2.58. The summed E-state index contributed by atoms with van der Waals surface area (Å²) in [4.78, 5) is 23.9. The molecule has 2 rings (SSSR count). The number of aromatic hydroxyl groups is 1. The maximum Gasteiger partial charge on any atom is 0.310 e. The summed E-state index contributed by atoms with van der Waals surface area (Å²) in [6.07, 6.45) is 2.27. The van der Waals surface area contributed by atoms with Crippen LogP contribution >= 0.6 is 0 Å². The van der Waals surface area contributed by atoms with E-state index in [0.717, 1.165) is 24.9 Å². The van der Waals surface area contributed by atoms with Gasteiger partial charge in [-0.25, -0.2) is 0 Å². The fourth-order valence-electron chi connectivity index (χ4n) is 2.58. The van der Waals surface area contributed by atoms with E-state index in [9.17, 15) is 14.7 Å². The Balaban J connectivity index is 1.92. The number of rotatable bonds is 6. The van der Waals surface area contributed by atoms with Crippen LogP contribution in [0.3, 0.4) is 0 Å². The Morgan fingerprint density at radius 2 is 2.14 bits per heavy atom. The molecule has 1 amide bonds. The summed E-state index contributed by atoms with van der Waals surface area (Å²) in [7, 11) is 1.34. The molecule has 3 N–H and O–H groups in total. The van der Waals surface area contributed by atoms with Crippen molar-refractivity contribution < 1.29 is 19.4 Å². The molecule has 1 aromatic rings. The molecule has 0 spiro atoms. The molecule has 0 aromatic heterocycles. The van der Waals surface area contributed by atoms with Crippen LogP contribution in [-0.2, 0) is 20.7 Å². The number of carbonyl (C=O) groups is 2. The van der Waals surface area contributed by atoms with Crippen molar-refractivity contribution in [2.45, 2.75) is 25.3 Å². The number of ether oxygens (including phenoxy) is 1. The van der Waals surface area contributed by atoms with Gasteiger partial charge in [0.25, 0.3) is 0 Å². The van der Waals surface area contributed by atoms with Gasteiger partial charge in [0.2, 0.25) is 5.91 Å². The molecule has 0 aliphatic carbocycles. The van der Waals surface area contributed by atoms with E-state index in [1.165, 1.54) is 7.11 Å². The molecule has 1 aliphatic heterocycles. The summed E-state index contributed by atoms with van der Waals surface area (Å²) in [5.74, 6) is -0.691. The van der Waals surface area contributed by atoms with E-state index in [2.05, 4.69) is 10.6 Å². The molecular formula is C16H22N2O4. The first kappa shape index (κ1) is 16.3. The molecule has 2 unspecified atom stereocenters. The zero-order valence-electron chi connectivity index (χ0n) is 12.7. The van der Waals surface area contributed by atoms with Crippen LogP contribution in [0.4, 0.5) is 0 Å². The Bertz CT molecular complexity index is 509. The molecule has 1 fully saturated rings. The van der Waals surface area contributed by atoms with E-state index < -0.39 is 5.92 Å². The lowest BCUT2D eigenvalue weighted by molar-refractivity contribution is -0.145. The first-order valence-electron chi connectivity index (χ1n) is 7.47. The third kappa shape index (κ3) is 4.46.